The number of guanidine groups is 1. The number of alkyl halides is 2. The third-order valence-electron chi connectivity index (χ3n) is 5.77. The second-order valence-corrected chi connectivity index (χ2v) is 7.81. The lowest BCUT2D eigenvalue weighted by Gasteiger charge is -2.35. The van der Waals surface area contributed by atoms with Gasteiger partial charge in [0, 0.05) is 12.4 Å². The maximum absolute atomic E-state index is 14.2. The summed E-state index contributed by atoms with van der Waals surface area (Å²) in [5.74, 6) is -1.88. The first-order valence-electron chi connectivity index (χ1n) is 10.1. The maximum Gasteiger partial charge on any atom is 0.284 e. The molecule has 162 valence electrons. The van der Waals surface area contributed by atoms with E-state index in [0.717, 1.165) is 22.3 Å². The van der Waals surface area contributed by atoms with Crippen LogP contribution in [0.15, 0.2) is 83.0 Å². The van der Waals surface area contributed by atoms with E-state index in [2.05, 4.69) is 9.98 Å². The van der Waals surface area contributed by atoms with Gasteiger partial charge in [-0.3, -0.25) is 14.9 Å². The van der Waals surface area contributed by atoms with Crippen LogP contribution in [0.1, 0.15) is 11.1 Å². The number of pyridine rings is 1. The van der Waals surface area contributed by atoms with Crippen LogP contribution in [0, 0.1) is 0 Å². The number of nitrogens with zero attached hydrogens (tertiary/aromatic N) is 4. The quantitative estimate of drug-likeness (QED) is 0.681. The molecule has 1 unspecified atom stereocenters. The summed E-state index contributed by atoms with van der Waals surface area (Å²) in [6, 6.07) is 19.0. The smallest absolute Gasteiger partial charge is 0.284 e. The van der Waals surface area contributed by atoms with Crippen molar-refractivity contribution < 1.29 is 13.5 Å². The number of fused-ring (bicyclic) bond motifs is 1. The van der Waals surface area contributed by atoms with E-state index in [1.165, 1.54) is 4.90 Å². The molecule has 0 spiro atoms. The molecule has 1 aromatic heterocycles. The molecule has 5 rings (SSSR count). The summed E-state index contributed by atoms with van der Waals surface area (Å²) in [4.78, 5) is 14.6. The molecule has 8 heteroatoms. The van der Waals surface area contributed by atoms with Gasteiger partial charge in [-0.25, -0.2) is 13.8 Å². The average Bonchev–Trinajstić information content (AvgIpc) is 3.11. The molecule has 0 saturated heterocycles. The van der Waals surface area contributed by atoms with Crippen molar-refractivity contribution in [3.8, 4) is 16.9 Å². The first kappa shape index (κ1) is 20.1. The fourth-order valence-corrected chi connectivity index (χ4v) is 4.26. The number of aliphatic imine (C=N–C) groups is 2. The molecule has 2 N–H and O–H groups in total. The van der Waals surface area contributed by atoms with E-state index in [0.29, 0.717) is 11.6 Å². The highest BCUT2D eigenvalue weighted by Crippen LogP contribution is 2.44. The topological polar surface area (TPSA) is 76.1 Å². The van der Waals surface area contributed by atoms with Gasteiger partial charge in [-0.2, -0.15) is 0 Å². The highest BCUT2D eigenvalue weighted by atomic mass is 19.3. The third kappa shape index (κ3) is 3.19. The van der Waals surface area contributed by atoms with Gasteiger partial charge < -0.3 is 10.5 Å². The molecular formula is C24H21F2N5O. The van der Waals surface area contributed by atoms with Crippen LogP contribution >= 0.6 is 0 Å². The first-order valence-corrected chi connectivity index (χ1v) is 10.1. The summed E-state index contributed by atoms with van der Waals surface area (Å²) in [6.45, 7) is -1.16. The van der Waals surface area contributed by atoms with Crippen molar-refractivity contribution in [2.45, 2.75) is 11.5 Å². The molecule has 6 nitrogen and oxygen atoms in total. The Morgan fingerprint density at radius 3 is 2.50 bits per heavy atom. The number of halogens is 2. The lowest BCUT2D eigenvalue weighted by molar-refractivity contribution is -0.00437. The summed E-state index contributed by atoms with van der Waals surface area (Å²) in [5, 5.41) is 0. The van der Waals surface area contributed by atoms with Gasteiger partial charge in [0.2, 0.25) is 0 Å². The number of ether oxygens (including phenoxy) is 1. The van der Waals surface area contributed by atoms with Crippen LogP contribution in [0.25, 0.3) is 11.1 Å². The van der Waals surface area contributed by atoms with Crippen LogP contribution < -0.4 is 10.5 Å². The Balaban J connectivity index is 1.73. The van der Waals surface area contributed by atoms with Crippen molar-refractivity contribution in [3.05, 3.63) is 84.2 Å². The van der Waals surface area contributed by atoms with E-state index in [4.69, 9.17) is 15.5 Å². The number of benzene rings is 2. The number of hydrogen-bond donors (Lipinski definition) is 1. The van der Waals surface area contributed by atoms with Crippen molar-refractivity contribution in [3.63, 3.8) is 0 Å². The lowest BCUT2D eigenvalue weighted by atomic mass is 9.81. The van der Waals surface area contributed by atoms with E-state index in [-0.39, 0.29) is 5.96 Å². The van der Waals surface area contributed by atoms with E-state index in [9.17, 15) is 8.78 Å². The van der Waals surface area contributed by atoms with Crippen LogP contribution in [0.4, 0.5) is 8.78 Å². The normalized spacial score (nSPS) is 21.5. The van der Waals surface area contributed by atoms with Crippen molar-refractivity contribution in [1.29, 1.82) is 0 Å². The van der Waals surface area contributed by atoms with Crippen molar-refractivity contribution in [1.82, 2.24) is 9.88 Å². The molecule has 0 radical (unpaired) electrons. The molecule has 1 atom stereocenters. The predicted octanol–water partition coefficient (Wildman–Crippen LogP) is 3.68. The van der Waals surface area contributed by atoms with Crippen LogP contribution in [0.3, 0.4) is 0 Å². The molecule has 2 aliphatic heterocycles. The van der Waals surface area contributed by atoms with E-state index in [1.807, 2.05) is 60.7 Å². The summed E-state index contributed by atoms with van der Waals surface area (Å²) in [7, 11) is 1.59. The maximum atomic E-state index is 14.2. The predicted molar refractivity (Wildman–Crippen MR) is 119 cm³/mol. The van der Waals surface area contributed by atoms with Crippen LogP contribution in [0.5, 0.6) is 5.75 Å². The molecule has 0 bridgehead atoms. The van der Waals surface area contributed by atoms with Gasteiger partial charge in [-0.1, -0.05) is 36.4 Å². The molecule has 2 aliphatic rings. The van der Waals surface area contributed by atoms with Crippen molar-refractivity contribution in [2.24, 2.45) is 15.7 Å². The molecular weight excluding hydrogens is 412 g/mol. The largest absolute Gasteiger partial charge is 0.497 e. The number of nitrogens with two attached hydrogens (primary N) is 1. The van der Waals surface area contributed by atoms with Gasteiger partial charge in [0.25, 0.3) is 5.92 Å². The molecule has 2 aromatic carbocycles. The second-order valence-electron chi connectivity index (χ2n) is 7.81. The van der Waals surface area contributed by atoms with Crippen molar-refractivity contribution in [2.75, 3.05) is 20.2 Å². The number of aromatic nitrogens is 1. The number of methoxy groups -OCH3 is 1. The molecule has 0 amide bonds. The Hall–Kier alpha value is -3.81. The van der Waals surface area contributed by atoms with Gasteiger partial charge >= 0.3 is 0 Å². The molecule has 0 aliphatic carbocycles. The Kier molecular flexibility index (Phi) is 4.65. The van der Waals surface area contributed by atoms with Crippen LogP contribution in [-0.2, 0) is 5.54 Å². The SMILES string of the molecule is COc1ccc(C2(c3cccc(-c4cccnc4)c3)N=C(N)N3CC(F)(F)CN=C32)cc1. The van der Waals surface area contributed by atoms with Crippen molar-refractivity contribution >= 4 is 11.8 Å². The number of rotatable bonds is 4. The fourth-order valence-electron chi connectivity index (χ4n) is 4.26. The number of hydrogen-bond acceptors (Lipinski definition) is 6. The Labute approximate surface area is 184 Å². The minimum absolute atomic E-state index is 0.0192. The minimum atomic E-state index is -2.98. The third-order valence-corrected chi connectivity index (χ3v) is 5.77. The zero-order chi connectivity index (χ0) is 22.3. The van der Waals surface area contributed by atoms with E-state index >= 15 is 0 Å². The van der Waals surface area contributed by atoms with Gasteiger partial charge in [-0.15, -0.1) is 0 Å². The van der Waals surface area contributed by atoms with E-state index in [1.54, 1.807) is 19.5 Å². The molecule has 3 heterocycles. The highest BCUT2D eigenvalue weighted by Gasteiger charge is 2.53. The Bertz CT molecular complexity index is 1210. The molecule has 3 aromatic rings. The first-order chi connectivity index (χ1) is 15.4. The van der Waals surface area contributed by atoms with Gasteiger partial charge in [0.15, 0.2) is 11.5 Å². The molecule has 0 fully saturated rings. The highest BCUT2D eigenvalue weighted by molar-refractivity contribution is 6.12. The van der Waals surface area contributed by atoms with Gasteiger partial charge in [0.1, 0.15) is 18.1 Å². The second kappa shape index (κ2) is 7.40. The monoisotopic (exact) mass is 433 g/mol. The fraction of sp³-hybridized carbons (Fsp3) is 0.208. The summed E-state index contributed by atoms with van der Waals surface area (Å²) in [5.41, 5.74) is 8.44. The Morgan fingerprint density at radius 2 is 1.78 bits per heavy atom. The standard InChI is InChI=1S/C24H21F2N5O/c1-32-20-9-7-18(8-10-20)24(21-29-14-23(25,26)15-31(21)22(27)30-24)19-6-2-4-16(12-19)17-5-3-11-28-13-17/h2-13H,14-15H2,1H3,(H2,27,30). The zero-order valence-corrected chi connectivity index (χ0v) is 17.4. The zero-order valence-electron chi connectivity index (χ0n) is 17.4. The van der Waals surface area contributed by atoms with Crippen LogP contribution in [0.2, 0.25) is 0 Å². The van der Waals surface area contributed by atoms with Gasteiger partial charge in [0.05, 0.1) is 13.7 Å². The molecule has 32 heavy (non-hydrogen) atoms. The van der Waals surface area contributed by atoms with Gasteiger partial charge in [-0.05, 0) is 46.5 Å². The summed E-state index contributed by atoms with van der Waals surface area (Å²) in [6.07, 6.45) is 3.49. The van der Waals surface area contributed by atoms with Crippen LogP contribution in [-0.4, -0.2) is 47.8 Å². The summed E-state index contributed by atoms with van der Waals surface area (Å²) >= 11 is 0. The molecule has 0 saturated carbocycles. The average molecular weight is 433 g/mol. The number of amidine groups is 1. The van der Waals surface area contributed by atoms with E-state index < -0.39 is 24.6 Å². The summed E-state index contributed by atoms with van der Waals surface area (Å²) < 4.78 is 33.6. The minimum Gasteiger partial charge on any atom is -0.497 e. The Morgan fingerprint density at radius 1 is 1.00 bits per heavy atom. The lowest BCUT2D eigenvalue weighted by Crippen LogP contribution is -2.53.